The van der Waals surface area contributed by atoms with Crippen molar-refractivity contribution in [1.29, 1.82) is 0 Å². The molecule has 1 aliphatic carbocycles. The van der Waals surface area contributed by atoms with Crippen molar-refractivity contribution in [3.05, 3.63) is 76.3 Å². The number of para-hydroxylation sites is 1. The van der Waals surface area contributed by atoms with Crippen molar-refractivity contribution in [1.82, 2.24) is 9.29 Å². The smallest absolute Gasteiger partial charge is 0.268 e. The molecule has 0 saturated heterocycles. The Kier molecular flexibility index (Phi) is 3.57. The Balaban J connectivity index is 1.85. The predicted octanol–water partition coefficient (Wildman–Crippen LogP) is 3.71. The third kappa shape index (κ3) is 2.29. The molecule has 0 spiro atoms. The van der Waals surface area contributed by atoms with Crippen LogP contribution >= 0.6 is 0 Å². The number of amides is 2. The Labute approximate surface area is 178 Å². The van der Waals surface area contributed by atoms with Crippen LogP contribution in [0.15, 0.2) is 53.4 Å². The first kappa shape index (κ1) is 18.3. The third-order valence-corrected chi connectivity index (χ3v) is 8.11. The number of aryl methyl sites for hydroxylation is 2. The second-order valence-electron chi connectivity index (χ2n) is 8.17. The molecule has 0 atom stereocenters. The molecule has 3 aromatic carbocycles. The van der Waals surface area contributed by atoms with E-state index >= 15 is 0 Å². The maximum atomic E-state index is 13.9. The summed E-state index contributed by atoms with van der Waals surface area (Å²) in [4.78, 5) is 25.6. The molecule has 1 aromatic heterocycles. The van der Waals surface area contributed by atoms with Crippen LogP contribution in [0.25, 0.3) is 21.8 Å². The number of imide groups is 1. The predicted molar refractivity (Wildman–Crippen MR) is 117 cm³/mol. The summed E-state index contributed by atoms with van der Waals surface area (Å²) < 4.78 is 29.1. The highest BCUT2D eigenvalue weighted by atomic mass is 32.2. The van der Waals surface area contributed by atoms with Crippen LogP contribution < -0.4 is 5.32 Å². The highest BCUT2D eigenvalue weighted by Crippen LogP contribution is 2.44. The van der Waals surface area contributed by atoms with Gasteiger partial charge in [-0.1, -0.05) is 35.9 Å². The minimum atomic E-state index is -3.94. The zero-order valence-corrected chi connectivity index (χ0v) is 17.5. The lowest BCUT2D eigenvalue weighted by Crippen LogP contribution is -2.20. The molecule has 6 rings (SSSR count). The molecular weight excluding hydrogens is 412 g/mol. The molecule has 1 N–H and O–H groups in total. The van der Waals surface area contributed by atoms with Gasteiger partial charge < -0.3 is 0 Å². The number of nitrogens with one attached hydrogen (secondary N) is 1. The van der Waals surface area contributed by atoms with E-state index in [4.69, 9.17) is 0 Å². The van der Waals surface area contributed by atoms with Crippen LogP contribution in [0.2, 0.25) is 0 Å². The Hall–Kier alpha value is -3.45. The van der Waals surface area contributed by atoms with Crippen molar-refractivity contribution in [3.8, 4) is 0 Å². The molecule has 154 valence electrons. The first-order chi connectivity index (χ1) is 14.9. The number of carbonyl (C=O) groups is 2. The zero-order valence-electron chi connectivity index (χ0n) is 16.7. The Morgan fingerprint density at radius 2 is 1.55 bits per heavy atom. The summed E-state index contributed by atoms with van der Waals surface area (Å²) in [5, 5.41) is 3.62. The fourth-order valence-electron chi connectivity index (χ4n) is 5.07. The number of nitrogens with zero attached hydrogens (tertiary/aromatic N) is 1. The zero-order chi connectivity index (χ0) is 21.5. The summed E-state index contributed by atoms with van der Waals surface area (Å²) in [5.41, 5.74) is 4.37. The van der Waals surface area contributed by atoms with Gasteiger partial charge in [-0.15, -0.1) is 0 Å². The molecule has 0 radical (unpaired) electrons. The van der Waals surface area contributed by atoms with Gasteiger partial charge in [0.25, 0.3) is 21.8 Å². The van der Waals surface area contributed by atoms with E-state index in [9.17, 15) is 18.0 Å². The van der Waals surface area contributed by atoms with Crippen LogP contribution in [0, 0.1) is 6.92 Å². The lowest BCUT2D eigenvalue weighted by Gasteiger charge is -2.13. The van der Waals surface area contributed by atoms with Crippen molar-refractivity contribution in [3.63, 3.8) is 0 Å². The van der Waals surface area contributed by atoms with E-state index in [2.05, 4.69) is 5.32 Å². The largest absolute Gasteiger partial charge is 0.288 e. The van der Waals surface area contributed by atoms with Crippen molar-refractivity contribution >= 4 is 43.6 Å². The van der Waals surface area contributed by atoms with Gasteiger partial charge in [-0.25, -0.2) is 12.4 Å². The molecule has 2 amide bonds. The molecule has 2 heterocycles. The summed E-state index contributed by atoms with van der Waals surface area (Å²) >= 11 is 0. The summed E-state index contributed by atoms with van der Waals surface area (Å²) in [6.45, 7) is 1.91. The molecule has 0 fully saturated rings. The van der Waals surface area contributed by atoms with Crippen LogP contribution in [0.3, 0.4) is 0 Å². The van der Waals surface area contributed by atoms with Gasteiger partial charge in [0, 0.05) is 10.8 Å². The first-order valence-electron chi connectivity index (χ1n) is 10.2. The van der Waals surface area contributed by atoms with Gasteiger partial charge >= 0.3 is 0 Å². The van der Waals surface area contributed by atoms with Gasteiger partial charge in [0.2, 0.25) is 0 Å². The Morgan fingerprint density at radius 1 is 0.871 bits per heavy atom. The Bertz CT molecular complexity index is 1580. The van der Waals surface area contributed by atoms with Gasteiger partial charge in [0.15, 0.2) is 0 Å². The number of benzene rings is 3. The summed E-state index contributed by atoms with van der Waals surface area (Å²) in [5.74, 6) is -0.853. The number of fused-ring (bicyclic) bond motifs is 8. The van der Waals surface area contributed by atoms with Crippen LogP contribution in [-0.4, -0.2) is 24.2 Å². The van der Waals surface area contributed by atoms with E-state index in [1.807, 2.05) is 19.1 Å². The fraction of sp³-hybridized carbons (Fsp3) is 0.167. The average Bonchev–Trinajstić information content (AvgIpc) is 3.42. The fourth-order valence-corrected chi connectivity index (χ4v) is 6.62. The van der Waals surface area contributed by atoms with Gasteiger partial charge in [-0.3, -0.25) is 14.9 Å². The minimum Gasteiger partial charge on any atom is -0.288 e. The lowest BCUT2D eigenvalue weighted by atomic mass is 9.94. The minimum absolute atomic E-state index is 0.188. The normalized spacial score (nSPS) is 15.5. The monoisotopic (exact) mass is 430 g/mol. The van der Waals surface area contributed by atoms with E-state index < -0.39 is 21.8 Å². The number of rotatable bonds is 2. The van der Waals surface area contributed by atoms with Crippen LogP contribution in [0.4, 0.5) is 0 Å². The first-order valence-corrected chi connectivity index (χ1v) is 11.6. The summed E-state index contributed by atoms with van der Waals surface area (Å²) in [6, 6.07) is 13.9. The number of aromatic nitrogens is 1. The van der Waals surface area contributed by atoms with E-state index in [0.29, 0.717) is 45.8 Å². The van der Waals surface area contributed by atoms with Crippen molar-refractivity contribution < 1.29 is 18.0 Å². The highest BCUT2D eigenvalue weighted by Gasteiger charge is 2.39. The second kappa shape index (κ2) is 6.04. The van der Waals surface area contributed by atoms with Gasteiger partial charge in [-0.05, 0) is 55.5 Å². The summed E-state index contributed by atoms with van der Waals surface area (Å²) in [7, 11) is -3.94. The SMILES string of the molecule is Cc1ccc(S(=O)(=O)n2c3ccccc3c3c4c(c5c(c32)CCC5)C(=O)NC4=O)cc1. The van der Waals surface area contributed by atoms with Gasteiger partial charge in [0.05, 0.1) is 27.1 Å². The number of hydrogen-bond acceptors (Lipinski definition) is 4. The molecule has 0 unspecified atom stereocenters. The van der Waals surface area contributed by atoms with Crippen molar-refractivity contribution in [2.24, 2.45) is 0 Å². The molecule has 6 nitrogen and oxygen atoms in total. The van der Waals surface area contributed by atoms with Crippen molar-refractivity contribution in [2.75, 3.05) is 0 Å². The van der Waals surface area contributed by atoms with E-state index in [0.717, 1.165) is 23.1 Å². The number of hydrogen-bond donors (Lipinski definition) is 1. The molecule has 1 aliphatic heterocycles. The second-order valence-corrected chi connectivity index (χ2v) is 9.95. The topological polar surface area (TPSA) is 85.2 Å². The Morgan fingerprint density at radius 3 is 2.32 bits per heavy atom. The van der Waals surface area contributed by atoms with Crippen LogP contribution in [-0.2, 0) is 22.9 Å². The molecule has 31 heavy (non-hydrogen) atoms. The molecule has 4 aromatic rings. The van der Waals surface area contributed by atoms with Crippen LogP contribution in [0.5, 0.6) is 0 Å². The molecule has 2 aliphatic rings. The molecule has 0 saturated carbocycles. The van der Waals surface area contributed by atoms with E-state index in [1.165, 1.54) is 3.97 Å². The quantitative estimate of drug-likeness (QED) is 0.491. The van der Waals surface area contributed by atoms with E-state index in [1.54, 1.807) is 36.4 Å². The maximum Gasteiger partial charge on any atom is 0.268 e. The van der Waals surface area contributed by atoms with Gasteiger partial charge in [-0.2, -0.15) is 0 Å². The van der Waals surface area contributed by atoms with E-state index in [-0.39, 0.29) is 4.90 Å². The molecular formula is C24H18N2O4S. The average molecular weight is 430 g/mol. The van der Waals surface area contributed by atoms with Crippen LogP contribution in [0.1, 0.15) is 43.8 Å². The molecule has 0 bridgehead atoms. The third-order valence-electron chi connectivity index (χ3n) is 6.38. The number of carbonyl (C=O) groups excluding carboxylic acids is 2. The standard InChI is InChI=1S/C24H18N2O4S/c1-13-9-11-14(12-10-13)31(29,30)26-18-8-3-2-5-17(18)19-21-20(23(27)25-24(21)28)15-6-4-7-16(15)22(19)26/h2-3,5,8-12H,4,6-7H2,1H3,(H,25,27,28). The highest BCUT2D eigenvalue weighted by molar-refractivity contribution is 7.90. The van der Waals surface area contributed by atoms with Gasteiger partial charge in [0.1, 0.15) is 0 Å². The van der Waals surface area contributed by atoms with Crippen molar-refractivity contribution in [2.45, 2.75) is 31.1 Å². The lowest BCUT2D eigenvalue weighted by molar-refractivity contribution is 0.0880. The maximum absolute atomic E-state index is 13.9. The molecule has 7 heteroatoms. The summed E-state index contributed by atoms with van der Waals surface area (Å²) in [6.07, 6.45) is 2.13.